The Kier molecular flexibility index (Phi) is 6.03. The summed E-state index contributed by atoms with van der Waals surface area (Å²) in [5.41, 5.74) is 7.37. The minimum absolute atomic E-state index is 0.104. The highest BCUT2D eigenvalue weighted by Gasteiger charge is 2.24. The van der Waals surface area contributed by atoms with Crippen molar-refractivity contribution < 1.29 is 14.6 Å². The van der Waals surface area contributed by atoms with Gasteiger partial charge >= 0.3 is 5.97 Å². The van der Waals surface area contributed by atoms with E-state index in [-0.39, 0.29) is 6.42 Å². The lowest BCUT2D eigenvalue weighted by Gasteiger charge is -2.24. The molecule has 0 saturated carbocycles. The summed E-state index contributed by atoms with van der Waals surface area (Å²) < 4.78 is 8.34. The van der Waals surface area contributed by atoms with Crippen molar-refractivity contribution >= 4 is 60.7 Å². The quantitative estimate of drug-likeness (QED) is 0.253. The third-order valence-corrected chi connectivity index (χ3v) is 7.73. The smallest absolute Gasteiger partial charge is 0.307 e. The third kappa shape index (κ3) is 4.76. The fraction of sp³-hybridized carbons (Fsp3) is 0.222. The van der Waals surface area contributed by atoms with Crippen LogP contribution in [0.15, 0.2) is 48.0 Å². The highest BCUT2D eigenvalue weighted by Crippen LogP contribution is 2.45. The van der Waals surface area contributed by atoms with Crippen molar-refractivity contribution in [3.63, 3.8) is 0 Å². The number of aromatic nitrogens is 2. The number of carboxylic acids is 1. The van der Waals surface area contributed by atoms with E-state index in [9.17, 15) is 9.90 Å². The fourth-order valence-corrected chi connectivity index (χ4v) is 6.08. The van der Waals surface area contributed by atoms with Crippen LogP contribution in [0, 0.1) is 6.92 Å². The number of rotatable bonds is 5. The number of ether oxygens (including phenoxy) is 1. The predicted octanol–water partition coefficient (Wildman–Crippen LogP) is 8.01. The predicted molar refractivity (Wildman–Crippen MR) is 145 cm³/mol. The van der Waals surface area contributed by atoms with Gasteiger partial charge in [0.05, 0.1) is 32.4 Å². The number of carboxylic acid groups (broad SMARTS) is 1. The van der Waals surface area contributed by atoms with Gasteiger partial charge in [0, 0.05) is 21.7 Å². The molecule has 0 aliphatic carbocycles. The average Bonchev–Trinajstić information content (AvgIpc) is 3.39. The van der Waals surface area contributed by atoms with Crippen LogP contribution in [0.3, 0.4) is 0 Å². The Morgan fingerprint density at radius 3 is 2.66 bits per heavy atom. The van der Waals surface area contributed by atoms with Gasteiger partial charge in [0.25, 0.3) is 0 Å². The standard InChI is InChI=1S/C27H23ClN2O3S2/c1-14-9-20-25(35-26(30-20)15-5-8-22-19(10-15)29-13-34-22)24(18(14)12-23(31)32)17-7-6-16(28)11-21(17)33-27(2,3)4/h5-11,13H,12H2,1-4H3,(H,31,32). The number of aliphatic carboxylic acids is 1. The third-order valence-electron chi connectivity index (χ3n) is 5.55. The van der Waals surface area contributed by atoms with Crippen molar-refractivity contribution in [3.05, 3.63) is 64.1 Å². The first kappa shape index (κ1) is 23.7. The van der Waals surface area contributed by atoms with Gasteiger partial charge in [0.2, 0.25) is 0 Å². The molecule has 5 nitrogen and oxygen atoms in total. The Balaban J connectivity index is 1.79. The second-order valence-electron chi connectivity index (χ2n) is 9.37. The minimum atomic E-state index is -0.889. The van der Waals surface area contributed by atoms with Crippen LogP contribution in [0.25, 0.3) is 42.1 Å². The summed E-state index contributed by atoms with van der Waals surface area (Å²) in [6.07, 6.45) is -0.104. The van der Waals surface area contributed by atoms with E-state index in [1.54, 1.807) is 28.7 Å². The van der Waals surface area contributed by atoms with Crippen LogP contribution in [0.1, 0.15) is 31.9 Å². The van der Waals surface area contributed by atoms with Gasteiger partial charge in [-0.3, -0.25) is 4.79 Å². The molecule has 0 aliphatic heterocycles. The molecule has 0 unspecified atom stereocenters. The van der Waals surface area contributed by atoms with Crippen molar-refractivity contribution in [2.24, 2.45) is 0 Å². The molecule has 0 amide bonds. The molecule has 2 heterocycles. The van der Waals surface area contributed by atoms with Crippen LogP contribution in [-0.2, 0) is 11.2 Å². The summed E-state index contributed by atoms with van der Waals surface area (Å²) in [6.45, 7) is 7.85. The molecule has 35 heavy (non-hydrogen) atoms. The zero-order chi connectivity index (χ0) is 24.9. The van der Waals surface area contributed by atoms with Crippen molar-refractivity contribution in [1.29, 1.82) is 0 Å². The molecule has 2 aromatic heterocycles. The zero-order valence-corrected chi connectivity index (χ0v) is 22.1. The molecule has 8 heteroatoms. The van der Waals surface area contributed by atoms with E-state index in [0.717, 1.165) is 53.3 Å². The summed E-state index contributed by atoms with van der Waals surface area (Å²) in [5, 5.41) is 11.1. The van der Waals surface area contributed by atoms with Crippen LogP contribution in [-0.4, -0.2) is 26.6 Å². The monoisotopic (exact) mass is 522 g/mol. The van der Waals surface area contributed by atoms with Crippen LogP contribution in [0.2, 0.25) is 5.02 Å². The number of benzene rings is 3. The second-order valence-corrected chi connectivity index (χ2v) is 11.7. The number of hydrogen-bond donors (Lipinski definition) is 1. The highest BCUT2D eigenvalue weighted by atomic mass is 35.5. The van der Waals surface area contributed by atoms with E-state index in [4.69, 9.17) is 21.3 Å². The molecule has 0 fully saturated rings. The van der Waals surface area contributed by atoms with Gasteiger partial charge in [-0.15, -0.1) is 22.7 Å². The topological polar surface area (TPSA) is 72.3 Å². The van der Waals surface area contributed by atoms with Crippen LogP contribution < -0.4 is 4.74 Å². The van der Waals surface area contributed by atoms with E-state index < -0.39 is 11.6 Å². The summed E-state index contributed by atoms with van der Waals surface area (Å²) >= 11 is 9.49. The van der Waals surface area contributed by atoms with Crippen LogP contribution in [0.5, 0.6) is 5.75 Å². The Bertz CT molecular complexity index is 1600. The van der Waals surface area contributed by atoms with E-state index in [1.807, 2.05) is 57.5 Å². The van der Waals surface area contributed by atoms with Gasteiger partial charge in [-0.1, -0.05) is 17.7 Å². The average molecular weight is 523 g/mol. The number of thiazole rings is 2. The van der Waals surface area contributed by atoms with Crippen molar-refractivity contribution in [3.8, 4) is 27.4 Å². The molecular weight excluding hydrogens is 500 g/mol. The second kappa shape index (κ2) is 8.90. The first-order chi connectivity index (χ1) is 16.6. The van der Waals surface area contributed by atoms with E-state index in [1.165, 1.54) is 0 Å². The number of halogens is 1. The van der Waals surface area contributed by atoms with Gasteiger partial charge in [-0.05, 0) is 75.2 Å². The number of fused-ring (bicyclic) bond motifs is 2. The summed E-state index contributed by atoms with van der Waals surface area (Å²) in [4.78, 5) is 21.2. The Hall–Kier alpha value is -3.00. The molecule has 0 atom stereocenters. The molecule has 0 saturated heterocycles. The lowest BCUT2D eigenvalue weighted by molar-refractivity contribution is -0.136. The molecule has 3 aromatic carbocycles. The van der Waals surface area contributed by atoms with Crippen LogP contribution in [0.4, 0.5) is 0 Å². The Labute approximate surface area is 216 Å². The van der Waals surface area contributed by atoms with Gasteiger partial charge in [-0.2, -0.15) is 0 Å². The van der Waals surface area contributed by atoms with E-state index >= 15 is 0 Å². The Morgan fingerprint density at radius 2 is 1.91 bits per heavy atom. The maximum absolute atomic E-state index is 11.9. The number of aryl methyl sites for hydroxylation is 1. The SMILES string of the molecule is Cc1cc2nc(-c3ccc4scnc4c3)sc2c(-c2ccc(Cl)cc2OC(C)(C)C)c1CC(=O)O. The molecule has 0 spiro atoms. The number of carbonyl (C=O) groups is 1. The summed E-state index contributed by atoms with van der Waals surface area (Å²) in [7, 11) is 0. The van der Waals surface area contributed by atoms with Crippen LogP contribution >= 0.6 is 34.3 Å². The molecule has 5 aromatic rings. The van der Waals surface area contributed by atoms with E-state index in [2.05, 4.69) is 17.1 Å². The van der Waals surface area contributed by atoms with Crippen molar-refractivity contribution in [2.45, 2.75) is 39.7 Å². The van der Waals surface area contributed by atoms with Crippen molar-refractivity contribution in [1.82, 2.24) is 9.97 Å². The molecule has 178 valence electrons. The summed E-state index contributed by atoms with van der Waals surface area (Å²) in [6, 6.07) is 13.6. The van der Waals surface area contributed by atoms with Crippen molar-refractivity contribution in [2.75, 3.05) is 0 Å². The van der Waals surface area contributed by atoms with Gasteiger partial charge in [0.1, 0.15) is 16.4 Å². The fourth-order valence-electron chi connectivity index (χ4n) is 4.13. The first-order valence-electron chi connectivity index (χ1n) is 11.1. The molecular formula is C27H23ClN2O3S2. The summed E-state index contributed by atoms with van der Waals surface area (Å²) in [5.74, 6) is -0.276. The lowest BCUT2D eigenvalue weighted by atomic mass is 9.92. The first-order valence-corrected chi connectivity index (χ1v) is 13.1. The lowest BCUT2D eigenvalue weighted by Crippen LogP contribution is -2.23. The maximum Gasteiger partial charge on any atom is 0.307 e. The largest absolute Gasteiger partial charge is 0.487 e. The number of nitrogens with zero attached hydrogens (tertiary/aromatic N) is 2. The molecule has 0 radical (unpaired) electrons. The molecule has 5 rings (SSSR count). The highest BCUT2D eigenvalue weighted by molar-refractivity contribution is 7.22. The van der Waals surface area contributed by atoms with E-state index in [0.29, 0.717) is 10.8 Å². The molecule has 1 N–H and O–H groups in total. The normalized spacial score (nSPS) is 11.9. The number of hydrogen-bond acceptors (Lipinski definition) is 6. The molecule has 0 aliphatic rings. The molecule has 0 bridgehead atoms. The maximum atomic E-state index is 11.9. The zero-order valence-electron chi connectivity index (χ0n) is 19.7. The van der Waals surface area contributed by atoms with Gasteiger partial charge in [0.15, 0.2) is 0 Å². The van der Waals surface area contributed by atoms with Gasteiger partial charge in [-0.25, -0.2) is 9.97 Å². The van der Waals surface area contributed by atoms with Gasteiger partial charge < -0.3 is 9.84 Å². The minimum Gasteiger partial charge on any atom is -0.487 e. The Morgan fingerprint density at radius 1 is 1.11 bits per heavy atom.